The van der Waals surface area contributed by atoms with Gasteiger partial charge in [0, 0.05) is 0 Å². The third kappa shape index (κ3) is 2.77. The Hall–Kier alpha value is -1.55. The highest BCUT2D eigenvalue weighted by Crippen LogP contribution is 2.26. The van der Waals surface area contributed by atoms with Gasteiger partial charge in [0.2, 0.25) is 0 Å². The third-order valence-electron chi connectivity index (χ3n) is 2.98. The number of carbonyl (C=O) groups excluding carboxylic acids is 1. The zero-order valence-corrected chi connectivity index (χ0v) is 9.76. The van der Waals surface area contributed by atoms with Crippen LogP contribution in [-0.4, -0.2) is 24.3 Å². The van der Waals surface area contributed by atoms with Crippen molar-refractivity contribution in [3.63, 3.8) is 0 Å². The van der Waals surface area contributed by atoms with Crippen LogP contribution in [0.15, 0.2) is 24.3 Å². The molecule has 0 radical (unpaired) electrons. The molecule has 0 aliphatic heterocycles. The van der Waals surface area contributed by atoms with Crippen LogP contribution in [0.5, 0.6) is 5.75 Å². The van der Waals surface area contributed by atoms with Crippen molar-refractivity contribution in [2.24, 2.45) is 0 Å². The minimum absolute atomic E-state index is 0.325. The molecule has 0 heterocycles. The lowest BCUT2D eigenvalue weighted by atomic mass is 9.96. The molecule has 0 bridgehead atoms. The first-order valence-corrected chi connectivity index (χ1v) is 5.73. The summed E-state index contributed by atoms with van der Waals surface area (Å²) in [6.45, 7) is 0. The summed E-state index contributed by atoms with van der Waals surface area (Å²) >= 11 is 0. The summed E-state index contributed by atoms with van der Waals surface area (Å²) in [6.07, 6.45) is 2.53. The fourth-order valence-corrected chi connectivity index (χ4v) is 1.66. The van der Waals surface area contributed by atoms with E-state index in [0.29, 0.717) is 11.7 Å². The summed E-state index contributed by atoms with van der Waals surface area (Å²) < 4.78 is 10.1. The lowest BCUT2D eigenvalue weighted by Crippen LogP contribution is -2.24. The molecule has 0 spiro atoms. The summed E-state index contributed by atoms with van der Waals surface area (Å²) in [5, 5.41) is 9.60. The second-order valence-corrected chi connectivity index (χ2v) is 4.17. The first-order chi connectivity index (χ1) is 8.20. The number of aliphatic hydroxyl groups excluding tert-OH is 1. The van der Waals surface area contributed by atoms with Gasteiger partial charge in [-0.25, -0.2) is 4.79 Å². The molecular weight excluding hydrogens is 220 g/mol. The highest BCUT2D eigenvalue weighted by Gasteiger charge is 2.20. The Labute approximate surface area is 100 Å². The third-order valence-corrected chi connectivity index (χ3v) is 2.98. The molecule has 4 nitrogen and oxygen atoms in total. The first kappa shape index (κ1) is 11.9. The number of hydrogen-bond donors (Lipinski definition) is 1. The van der Waals surface area contributed by atoms with Crippen LogP contribution in [0.4, 0.5) is 0 Å². The van der Waals surface area contributed by atoms with E-state index in [4.69, 9.17) is 4.74 Å². The van der Waals surface area contributed by atoms with Crippen molar-refractivity contribution in [3.05, 3.63) is 29.8 Å². The molecule has 92 valence electrons. The van der Waals surface area contributed by atoms with E-state index in [0.717, 1.165) is 18.6 Å². The first-order valence-electron chi connectivity index (χ1n) is 5.73. The number of hydrogen-bond acceptors (Lipinski definition) is 4. The van der Waals surface area contributed by atoms with Crippen molar-refractivity contribution in [2.75, 3.05) is 7.11 Å². The lowest BCUT2D eigenvalue weighted by molar-refractivity contribution is -0.150. The molecule has 1 aromatic carbocycles. The van der Waals surface area contributed by atoms with Gasteiger partial charge in [-0.15, -0.1) is 0 Å². The highest BCUT2D eigenvalue weighted by atomic mass is 16.5. The van der Waals surface area contributed by atoms with Gasteiger partial charge in [0.15, 0.2) is 6.10 Å². The minimum Gasteiger partial charge on any atom is -0.490 e. The van der Waals surface area contributed by atoms with Crippen molar-refractivity contribution in [1.29, 1.82) is 0 Å². The van der Waals surface area contributed by atoms with Crippen molar-refractivity contribution in [1.82, 2.24) is 0 Å². The maximum absolute atomic E-state index is 11.1. The minimum atomic E-state index is -1.22. The van der Waals surface area contributed by atoms with Crippen LogP contribution in [-0.2, 0) is 9.53 Å². The Morgan fingerprint density at radius 1 is 1.35 bits per heavy atom. The summed E-state index contributed by atoms with van der Waals surface area (Å²) in [5.74, 6) is 0.119. The van der Waals surface area contributed by atoms with Gasteiger partial charge in [0.05, 0.1) is 13.2 Å². The molecular formula is C13H16O4. The zero-order chi connectivity index (χ0) is 12.3. The molecule has 1 unspecified atom stereocenters. The summed E-state index contributed by atoms with van der Waals surface area (Å²) in [4.78, 5) is 11.1. The predicted octanol–water partition coefficient (Wildman–Crippen LogP) is 1.82. The van der Waals surface area contributed by atoms with Crippen LogP contribution in [0, 0.1) is 0 Å². The Bertz CT molecular complexity index is 381. The maximum Gasteiger partial charge on any atom is 0.339 e. The van der Waals surface area contributed by atoms with E-state index in [2.05, 4.69) is 4.74 Å². The number of esters is 1. The maximum atomic E-state index is 11.1. The molecule has 1 N–H and O–H groups in total. The molecule has 17 heavy (non-hydrogen) atoms. The van der Waals surface area contributed by atoms with Crippen molar-refractivity contribution < 1.29 is 19.4 Å². The van der Waals surface area contributed by atoms with Gasteiger partial charge >= 0.3 is 5.97 Å². The Morgan fingerprint density at radius 3 is 2.47 bits per heavy atom. The van der Waals surface area contributed by atoms with Crippen molar-refractivity contribution in [2.45, 2.75) is 31.5 Å². The Kier molecular flexibility index (Phi) is 3.64. The summed E-state index contributed by atoms with van der Waals surface area (Å²) in [5.41, 5.74) is 0.512. The monoisotopic (exact) mass is 236 g/mol. The molecule has 4 heteroatoms. The molecule has 2 rings (SSSR count). The van der Waals surface area contributed by atoms with Gasteiger partial charge in [-0.2, -0.15) is 0 Å². The standard InChI is InChI=1S/C13H16O4/c1-16-13(15)12(14)9-5-7-11(8-6-9)17-10-3-2-4-10/h5-8,10,12,14H,2-4H2,1H3. The van der Waals surface area contributed by atoms with Gasteiger partial charge in [0.1, 0.15) is 5.75 Å². The topological polar surface area (TPSA) is 55.8 Å². The number of rotatable bonds is 4. The van der Waals surface area contributed by atoms with E-state index in [-0.39, 0.29) is 0 Å². The number of benzene rings is 1. The summed E-state index contributed by atoms with van der Waals surface area (Å²) in [6, 6.07) is 6.88. The van der Waals surface area contributed by atoms with E-state index in [1.807, 2.05) is 0 Å². The van der Waals surface area contributed by atoms with Crippen LogP contribution in [0.2, 0.25) is 0 Å². The molecule has 1 atom stereocenters. The van der Waals surface area contributed by atoms with Gasteiger partial charge in [0.25, 0.3) is 0 Å². The van der Waals surface area contributed by atoms with Crippen LogP contribution in [0.25, 0.3) is 0 Å². The van der Waals surface area contributed by atoms with Crippen LogP contribution in [0.1, 0.15) is 30.9 Å². The predicted molar refractivity (Wildman–Crippen MR) is 61.7 cm³/mol. The zero-order valence-electron chi connectivity index (χ0n) is 9.76. The lowest BCUT2D eigenvalue weighted by Gasteiger charge is -2.26. The average Bonchev–Trinajstić information content (AvgIpc) is 2.32. The second-order valence-electron chi connectivity index (χ2n) is 4.17. The van der Waals surface area contributed by atoms with Gasteiger partial charge in [-0.1, -0.05) is 12.1 Å². The van der Waals surface area contributed by atoms with E-state index in [1.165, 1.54) is 13.5 Å². The van der Waals surface area contributed by atoms with Gasteiger partial charge in [-0.3, -0.25) is 0 Å². The van der Waals surface area contributed by atoms with E-state index in [1.54, 1.807) is 24.3 Å². The number of ether oxygens (including phenoxy) is 2. The average molecular weight is 236 g/mol. The second kappa shape index (κ2) is 5.19. The SMILES string of the molecule is COC(=O)C(O)c1ccc(OC2CCC2)cc1. The normalized spacial score (nSPS) is 17.1. The number of carbonyl (C=O) groups is 1. The molecule has 1 fully saturated rings. The fourth-order valence-electron chi connectivity index (χ4n) is 1.66. The smallest absolute Gasteiger partial charge is 0.339 e. The Balaban J connectivity index is 1.99. The van der Waals surface area contributed by atoms with E-state index >= 15 is 0 Å². The summed E-state index contributed by atoms with van der Waals surface area (Å²) in [7, 11) is 1.25. The van der Waals surface area contributed by atoms with Gasteiger partial charge < -0.3 is 14.6 Å². The van der Waals surface area contributed by atoms with Crippen LogP contribution < -0.4 is 4.74 Å². The van der Waals surface area contributed by atoms with Gasteiger partial charge in [-0.05, 0) is 37.0 Å². The molecule has 0 saturated heterocycles. The van der Waals surface area contributed by atoms with Crippen molar-refractivity contribution in [3.8, 4) is 5.75 Å². The Morgan fingerprint density at radius 2 is 2.00 bits per heavy atom. The molecule has 0 aromatic heterocycles. The number of methoxy groups -OCH3 is 1. The van der Waals surface area contributed by atoms with Crippen molar-refractivity contribution >= 4 is 5.97 Å². The highest BCUT2D eigenvalue weighted by molar-refractivity contribution is 5.76. The molecule has 0 amide bonds. The molecule has 1 aliphatic carbocycles. The quantitative estimate of drug-likeness (QED) is 0.810. The van der Waals surface area contributed by atoms with E-state index < -0.39 is 12.1 Å². The van der Waals surface area contributed by atoms with Crippen LogP contribution in [0.3, 0.4) is 0 Å². The molecule has 1 aromatic rings. The van der Waals surface area contributed by atoms with E-state index in [9.17, 15) is 9.90 Å². The molecule has 1 aliphatic rings. The number of aliphatic hydroxyl groups is 1. The molecule has 1 saturated carbocycles. The largest absolute Gasteiger partial charge is 0.490 e. The fraction of sp³-hybridized carbons (Fsp3) is 0.462. The van der Waals surface area contributed by atoms with Crippen LogP contribution >= 0.6 is 0 Å².